The Bertz CT molecular complexity index is 1040. The van der Waals surface area contributed by atoms with E-state index in [2.05, 4.69) is 0 Å². The highest BCUT2D eigenvalue weighted by molar-refractivity contribution is 7.17. The molecule has 1 atom stereocenters. The molecule has 0 unspecified atom stereocenters. The van der Waals surface area contributed by atoms with Gasteiger partial charge in [-0.3, -0.25) is 9.59 Å². The zero-order valence-electron chi connectivity index (χ0n) is 16.3. The number of fused-ring (bicyclic) bond motifs is 1. The molecule has 5 nitrogen and oxygen atoms in total. The third-order valence-electron chi connectivity index (χ3n) is 5.36. The van der Waals surface area contributed by atoms with Gasteiger partial charge in [0.25, 0.3) is 5.91 Å². The molecular formula is C22H23FN2O3S. The lowest BCUT2D eigenvalue weighted by molar-refractivity contribution is -0.149. The molecular weight excluding hydrogens is 391 g/mol. The number of aromatic nitrogens is 1. The molecule has 0 aliphatic carbocycles. The van der Waals surface area contributed by atoms with Crippen LogP contribution in [0.3, 0.4) is 0 Å². The maximum Gasteiger partial charge on any atom is 0.310 e. The van der Waals surface area contributed by atoms with E-state index >= 15 is 0 Å². The Morgan fingerprint density at radius 1 is 1.28 bits per heavy atom. The standard InChI is InChI=1S/C22H23FN2O3S/c1-2-28-22(27)16-7-5-10-24(13-16)21(26)19-12-20-18(9-11-29-20)25(19)14-15-6-3-4-8-17(15)23/h3-4,6,8-9,11-12,16H,2,5,7,10,13-14H2,1H3/t16-/m0/s1. The van der Waals surface area contributed by atoms with Gasteiger partial charge in [-0.15, -0.1) is 11.3 Å². The van der Waals surface area contributed by atoms with Crippen molar-refractivity contribution in [2.24, 2.45) is 5.92 Å². The zero-order valence-corrected chi connectivity index (χ0v) is 17.1. The van der Waals surface area contributed by atoms with Crippen LogP contribution in [0.25, 0.3) is 10.2 Å². The minimum atomic E-state index is -0.289. The molecule has 0 N–H and O–H groups in total. The first-order valence-corrected chi connectivity index (χ1v) is 10.7. The summed E-state index contributed by atoms with van der Waals surface area (Å²) >= 11 is 1.55. The summed E-state index contributed by atoms with van der Waals surface area (Å²) in [6.07, 6.45) is 1.49. The van der Waals surface area contributed by atoms with E-state index in [1.807, 2.05) is 22.1 Å². The summed E-state index contributed by atoms with van der Waals surface area (Å²) in [5.41, 5.74) is 1.98. The smallest absolute Gasteiger partial charge is 0.310 e. The molecule has 1 aliphatic heterocycles. The molecule has 1 aliphatic rings. The van der Waals surface area contributed by atoms with Gasteiger partial charge in [0.15, 0.2) is 0 Å². The van der Waals surface area contributed by atoms with Crippen LogP contribution in [0.4, 0.5) is 4.39 Å². The van der Waals surface area contributed by atoms with Crippen molar-refractivity contribution in [1.82, 2.24) is 9.47 Å². The van der Waals surface area contributed by atoms with E-state index in [0.29, 0.717) is 31.0 Å². The van der Waals surface area contributed by atoms with Crippen LogP contribution in [-0.2, 0) is 16.1 Å². The third-order valence-corrected chi connectivity index (χ3v) is 6.21. The van der Waals surface area contributed by atoms with Crippen molar-refractivity contribution in [3.8, 4) is 0 Å². The monoisotopic (exact) mass is 414 g/mol. The lowest BCUT2D eigenvalue weighted by atomic mass is 9.98. The summed E-state index contributed by atoms with van der Waals surface area (Å²) in [6, 6.07) is 10.4. The molecule has 0 bridgehead atoms. The fraction of sp³-hybridized carbons (Fsp3) is 0.364. The number of thiophene rings is 1. The lowest BCUT2D eigenvalue weighted by Crippen LogP contribution is -2.43. The van der Waals surface area contributed by atoms with E-state index in [-0.39, 0.29) is 30.2 Å². The van der Waals surface area contributed by atoms with E-state index in [1.54, 1.807) is 41.4 Å². The Kier molecular flexibility index (Phi) is 5.67. The normalized spacial score (nSPS) is 16.9. The summed E-state index contributed by atoms with van der Waals surface area (Å²) < 4.78 is 22.3. The van der Waals surface area contributed by atoms with Gasteiger partial charge in [-0.05, 0) is 43.3 Å². The summed E-state index contributed by atoms with van der Waals surface area (Å²) in [5, 5.41) is 1.97. The maximum atomic E-state index is 14.3. The molecule has 1 fully saturated rings. The predicted molar refractivity (Wildman–Crippen MR) is 111 cm³/mol. The van der Waals surface area contributed by atoms with Gasteiger partial charge in [0.2, 0.25) is 0 Å². The van der Waals surface area contributed by atoms with E-state index in [4.69, 9.17) is 4.74 Å². The molecule has 0 saturated carbocycles. The van der Waals surface area contributed by atoms with Crippen LogP contribution >= 0.6 is 11.3 Å². The lowest BCUT2D eigenvalue weighted by Gasteiger charge is -2.31. The van der Waals surface area contributed by atoms with Crippen molar-refractivity contribution in [1.29, 1.82) is 0 Å². The maximum absolute atomic E-state index is 14.3. The number of amides is 1. The molecule has 2 aromatic heterocycles. The van der Waals surface area contributed by atoms with Crippen LogP contribution in [0.5, 0.6) is 0 Å². The number of piperidine rings is 1. The number of benzene rings is 1. The molecule has 1 saturated heterocycles. The Labute approximate surface area is 172 Å². The van der Waals surface area contributed by atoms with Crippen LogP contribution in [0.15, 0.2) is 41.8 Å². The minimum Gasteiger partial charge on any atom is -0.466 e. The Morgan fingerprint density at radius 2 is 2.10 bits per heavy atom. The molecule has 1 aromatic carbocycles. The van der Waals surface area contributed by atoms with Crippen molar-refractivity contribution in [3.63, 3.8) is 0 Å². The van der Waals surface area contributed by atoms with Gasteiger partial charge in [-0.2, -0.15) is 0 Å². The van der Waals surface area contributed by atoms with Crippen LogP contribution in [0.2, 0.25) is 0 Å². The zero-order chi connectivity index (χ0) is 20.4. The number of nitrogens with zero attached hydrogens (tertiary/aromatic N) is 2. The largest absolute Gasteiger partial charge is 0.466 e. The summed E-state index contributed by atoms with van der Waals surface area (Å²) in [5.74, 6) is -0.946. The second-order valence-electron chi connectivity index (χ2n) is 7.22. The minimum absolute atomic E-state index is 0.126. The number of halogens is 1. The van der Waals surface area contributed by atoms with Crippen molar-refractivity contribution in [3.05, 3.63) is 58.9 Å². The third kappa shape index (κ3) is 3.92. The van der Waals surface area contributed by atoms with Gasteiger partial charge in [0.1, 0.15) is 11.5 Å². The average Bonchev–Trinajstić information content (AvgIpc) is 3.32. The second kappa shape index (κ2) is 8.37. The highest BCUT2D eigenvalue weighted by atomic mass is 32.1. The quantitative estimate of drug-likeness (QED) is 0.585. The number of rotatable bonds is 5. The van der Waals surface area contributed by atoms with E-state index in [0.717, 1.165) is 23.1 Å². The molecule has 0 radical (unpaired) electrons. The molecule has 152 valence electrons. The van der Waals surface area contributed by atoms with Gasteiger partial charge in [-0.25, -0.2) is 4.39 Å². The molecule has 0 spiro atoms. The second-order valence-corrected chi connectivity index (χ2v) is 8.17. The average molecular weight is 415 g/mol. The molecule has 3 aromatic rings. The SMILES string of the molecule is CCOC(=O)[C@H]1CCCN(C(=O)c2cc3sccc3n2Cc2ccccc2F)C1. The summed E-state index contributed by atoms with van der Waals surface area (Å²) in [6.45, 7) is 3.36. The summed E-state index contributed by atoms with van der Waals surface area (Å²) in [4.78, 5) is 27.2. The van der Waals surface area contributed by atoms with Crippen LogP contribution in [0.1, 0.15) is 35.8 Å². The number of ether oxygens (including phenoxy) is 1. The van der Waals surface area contributed by atoms with Crippen molar-refractivity contribution in [2.45, 2.75) is 26.3 Å². The highest BCUT2D eigenvalue weighted by Gasteiger charge is 2.31. The number of hydrogen-bond donors (Lipinski definition) is 0. The number of esters is 1. The topological polar surface area (TPSA) is 51.5 Å². The first-order chi connectivity index (χ1) is 14.1. The van der Waals surface area contributed by atoms with Crippen LogP contribution in [0, 0.1) is 11.7 Å². The van der Waals surface area contributed by atoms with Crippen LogP contribution in [-0.4, -0.2) is 41.0 Å². The number of carbonyl (C=O) groups excluding carboxylic acids is 2. The molecule has 4 rings (SSSR count). The molecule has 7 heteroatoms. The van der Waals surface area contributed by atoms with Crippen molar-refractivity contribution in [2.75, 3.05) is 19.7 Å². The Hall–Kier alpha value is -2.67. The van der Waals surface area contributed by atoms with Crippen LogP contribution < -0.4 is 0 Å². The first kappa shape index (κ1) is 19.6. The fourth-order valence-electron chi connectivity index (χ4n) is 3.90. The predicted octanol–water partition coefficient (Wildman–Crippen LogP) is 4.31. The fourth-order valence-corrected chi connectivity index (χ4v) is 4.72. The summed E-state index contributed by atoms with van der Waals surface area (Å²) in [7, 11) is 0. The van der Waals surface area contributed by atoms with Crippen molar-refractivity contribution >= 4 is 33.4 Å². The van der Waals surface area contributed by atoms with E-state index in [1.165, 1.54) is 6.07 Å². The molecule has 29 heavy (non-hydrogen) atoms. The number of hydrogen-bond acceptors (Lipinski definition) is 4. The van der Waals surface area contributed by atoms with Gasteiger partial charge < -0.3 is 14.2 Å². The highest BCUT2D eigenvalue weighted by Crippen LogP contribution is 2.29. The van der Waals surface area contributed by atoms with Gasteiger partial charge >= 0.3 is 5.97 Å². The number of carbonyl (C=O) groups is 2. The Balaban J connectivity index is 1.63. The van der Waals surface area contributed by atoms with Gasteiger partial charge in [0, 0.05) is 18.7 Å². The van der Waals surface area contributed by atoms with Gasteiger partial charge in [-0.1, -0.05) is 18.2 Å². The van der Waals surface area contributed by atoms with Gasteiger partial charge in [0.05, 0.1) is 29.3 Å². The van der Waals surface area contributed by atoms with E-state index in [9.17, 15) is 14.0 Å². The first-order valence-electron chi connectivity index (χ1n) is 9.84. The van der Waals surface area contributed by atoms with Crippen molar-refractivity contribution < 1.29 is 18.7 Å². The number of likely N-dealkylation sites (tertiary alicyclic amines) is 1. The molecule has 1 amide bonds. The Morgan fingerprint density at radius 3 is 2.90 bits per heavy atom. The van der Waals surface area contributed by atoms with E-state index < -0.39 is 0 Å². The molecule has 3 heterocycles.